The van der Waals surface area contributed by atoms with E-state index in [4.69, 9.17) is 0 Å². The van der Waals surface area contributed by atoms with Crippen molar-refractivity contribution in [2.45, 2.75) is 156 Å². The Labute approximate surface area is 341 Å². The van der Waals surface area contributed by atoms with Gasteiger partial charge in [0.1, 0.15) is 0 Å². The zero-order valence-corrected chi connectivity index (χ0v) is 36.5. The number of anilines is 2. The van der Waals surface area contributed by atoms with E-state index in [0.29, 0.717) is 46.3 Å². The Hall–Kier alpha value is -3.23. The molecule has 57 heavy (non-hydrogen) atoms. The van der Waals surface area contributed by atoms with E-state index in [-0.39, 0.29) is 55.9 Å². The molecule has 0 N–H and O–H groups in total. The van der Waals surface area contributed by atoms with Crippen molar-refractivity contribution in [3.63, 3.8) is 0 Å². The number of benzene rings is 2. The van der Waals surface area contributed by atoms with E-state index in [1.807, 2.05) is 53.7 Å². The van der Waals surface area contributed by atoms with Crippen LogP contribution in [0.2, 0.25) is 0 Å². The summed E-state index contributed by atoms with van der Waals surface area (Å²) >= 11 is -5.32. The summed E-state index contributed by atoms with van der Waals surface area (Å²) in [6.45, 7) is 11.5. The molecule has 2 amide bonds. The summed E-state index contributed by atoms with van der Waals surface area (Å²) in [5, 5.41) is 0. The van der Waals surface area contributed by atoms with Gasteiger partial charge >= 0.3 is 343 Å². The van der Waals surface area contributed by atoms with Crippen LogP contribution in [0.15, 0.2) is 68.5 Å². The molecule has 2 saturated carbocycles. The molecular formula is C48H62F4N2O2Ti. The van der Waals surface area contributed by atoms with Crippen LogP contribution >= 0.6 is 0 Å². The summed E-state index contributed by atoms with van der Waals surface area (Å²) < 4.78 is 71.8. The molecule has 4 aliphatic rings. The number of hydrogen-bond acceptors (Lipinski definition) is 2. The van der Waals surface area contributed by atoms with Gasteiger partial charge in [-0.1, -0.05) is 0 Å². The summed E-state index contributed by atoms with van der Waals surface area (Å²) in [6, 6.07) is 4.55. The Kier molecular flexibility index (Phi) is 13.7. The first-order valence-corrected chi connectivity index (χ1v) is 24.7. The Bertz CT molecular complexity index is 1810. The van der Waals surface area contributed by atoms with Crippen molar-refractivity contribution in [2.75, 3.05) is 9.80 Å². The molecule has 4 nitrogen and oxygen atoms in total. The van der Waals surface area contributed by atoms with Crippen molar-refractivity contribution in [1.29, 1.82) is 0 Å². The number of rotatable bonds is 14. The number of amides is 2. The van der Waals surface area contributed by atoms with Gasteiger partial charge < -0.3 is 0 Å². The summed E-state index contributed by atoms with van der Waals surface area (Å²) in [7, 11) is 0. The fraction of sp³-hybridized carbons (Fsp3) is 0.542. The Balaban J connectivity index is 1.67. The van der Waals surface area contributed by atoms with E-state index in [1.165, 1.54) is 24.3 Å². The van der Waals surface area contributed by atoms with Gasteiger partial charge in [-0.3, -0.25) is 0 Å². The van der Waals surface area contributed by atoms with Crippen LogP contribution in [0.25, 0.3) is 0 Å². The topological polar surface area (TPSA) is 40.6 Å². The molecule has 2 aromatic carbocycles. The van der Waals surface area contributed by atoms with Gasteiger partial charge in [-0.15, -0.1) is 0 Å². The molecule has 0 heterocycles. The summed E-state index contributed by atoms with van der Waals surface area (Å²) in [5.41, 5.74) is -1.71. The summed E-state index contributed by atoms with van der Waals surface area (Å²) in [5.74, 6) is -4.07. The van der Waals surface area contributed by atoms with E-state index in [2.05, 4.69) is 0 Å². The van der Waals surface area contributed by atoms with Gasteiger partial charge in [-0.25, -0.2) is 0 Å². The predicted molar refractivity (Wildman–Crippen MR) is 222 cm³/mol. The molecule has 9 heteroatoms. The molecule has 4 aliphatic carbocycles. The van der Waals surface area contributed by atoms with E-state index >= 15 is 17.6 Å². The van der Waals surface area contributed by atoms with E-state index in [9.17, 15) is 9.59 Å². The maximum atomic E-state index is 18.4. The minimum absolute atomic E-state index is 0.0297. The quantitative estimate of drug-likeness (QED) is 0.141. The number of carbonyl (C=O) groups is 2. The molecule has 6 rings (SSSR count). The zero-order valence-electron chi connectivity index (χ0n) is 35.0. The molecule has 0 aliphatic heterocycles. The van der Waals surface area contributed by atoms with Gasteiger partial charge in [0.15, 0.2) is 0 Å². The van der Waals surface area contributed by atoms with Gasteiger partial charge in [-0.05, 0) is 0 Å². The standard InChI is InChI=1S/2C19H26F2NO.2C5H5.Ti/c2*1-4-12-19(2,3)18(23)22(15-8-6-5-7-9-15)17-11-10-14(20)13-16(17)21;2*1-2-4-5-3-1;/h2*10-11,15H,4-9,12H2,1-3H3;2*1-3H,4H2;. The molecule has 2 fully saturated rings. The van der Waals surface area contributed by atoms with Crippen molar-refractivity contribution in [2.24, 2.45) is 10.8 Å². The molecule has 0 atom stereocenters. The Morgan fingerprint density at radius 2 is 0.982 bits per heavy atom. The predicted octanol–water partition coefficient (Wildman–Crippen LogP) is 12.0. The zero-order chi connectivity index (χ0) is 41.1. The molecule has 308 valence electrons. The molecule has 0 spiro atoms. The average molecular weight is 823 g/mol. The van der Waals surface area contributed by atoms with Crippen molar-refractivity contribution in [1.82, 2.24) is 0 Å². The normalized spacial score (nSPS) is 18.2. The first-order valence-electron chi connectivity index (χ1n) is 21.6. The number of halogens is 4. The first-order chi connectivity index (χ1) is 27.2. The third-order valence-corrected chi connectivity index (χ3v) is 21.1. The van der Waals surface area contributed by atoms with Gasteiger partial charge in [0.25, 0.3) is 0 Å². The van der Waals surface area contributed by atoms with Crippen molar-refractivity contribution in [3.05, 3.63) is 91.7 Å². The fourth-order valence-corrected chi connectivity index (χ4v) is 18.6. The number of carbonyl (C=O) groups excluding carboxylic acids is 2. The van der Waals surface area contributed by atoms with Crippen LogP contribution in [0.5, 0.6) is 0 Å². The van der Waals surface area contributed by atoms with Crippen LogP contribution in [0.4, 0.5) is 28.9 Å². The molecule has 0 bridgehead atoms. The van der Waals surface area contributed by atoms with E-state index in [1.54, 1.807) is 34.1 Å². The minimum atomic E-state index is -5.32. The molecule has 2 aromatic rings. The van der Waals surface area contributed by atoms with Crippen LogP contribution in [0.1, 0.15) is 144 Å². The van der Waals surface area contributed by atoms with Gasteiger partial charge in [0.05, 0.1) is 0 Å². The van der Waals surface area contributed by atoms with Crippen molar-refractivity contribution >= 4 is 30.9 Å². The number of nitrogens with zero attached hydrogens (tertiary/aromatic N) is 2. The molecule has 0 aromatic heterocycles. The summed E-state index contributed by atoms with van der Waals surface area (Å²) in [4.78, 5) is 32.5. The van der Waals surface area contributed by atoms with Crippen LogP contribution in [0, 0.1) is 34.1 Å². The molecule has 0 radical (unpaired) electrons. The van der Waals surface area contributed by atoms with E-state index in [0.717, 1.165) is 51.4 Å². The van der Waals surface area contributed by atoms with Gasteiger partial charge in [-0.2, -0.15) is 0 Å². The second-order valence-corrected chi connectivity index (χ2v) is 24.0. The van der Waals surface area contributed by atoms with Gasteiger partial charge in [0, 0.05) is 0 Å². The third-order valence-electron chi connectivity index (χ3n) is 13.1. The van der Waals surface area contributed by atoms with Crippen molar-refractivity contribution in [3.8, 4) is 0 Å². The number of hydrogen-bond donors (Lipinski definition) is 0. The Morgan fingerprint density at radius 3 is 1.30 bits per heavy atom. The SMILES string of the molecule is CCCC(C)(C)C(=O)N(c1ccc(F)[c]([Ti]([C]2=CC=CC2)([C]2=CC=CC2)[c]2c(F)ccc(N(C(=O)C(C)(C)CCC)C3CCCCC3)c2F)c1F)C1CCCCC1. The fourth-order valence-electron chi connectivity index (χ4n) is 10.3. The number of allylic oxidation sites excluding steroid dienone is 8. The second kappa shape index (κ2) is 18.0. The van der Waals surface area contributed by atoms with Crippen LogP contribution in [-0.2, 0) is 26.2 Å². The molecular weight excluding hydrogens is 760 g/mol. The molecule has 0 unspecified atom stereocenters. The third kappa shape index (κ3) is 8.20. The van der Waals surface area contributed by atoms with Crippen molar-refractivity contribution < 1.29 is 43.7 Å². The average Bonchev–Trinajstić information content (AvgIpc) is 3.93. The molecule has 0 saturated heterocycles. The first kappa shape index (κ1) is 43.4. The maximum absolute atomic E-state index is 18.4. The van der Waals surface area contributed by atoms with E-state index < -0.39 is 50.7 Å². The van der Waals surface area contributed by atoms with Gasteiger partial charge in [0.2, 0.25) is 0 Å². The van der Waals surface area contributed by atoms with Crippen LogP contribution in [-0.4, -0.2) is 23.9 Å². The monoisotopic (exact) mass is 822 g/mol. The Morgan fingerprint density at radius 1 is 0.614 bits per heavy atom. The summed E-state index contributed by atoms with van der Waals surface area (Å²) in [6.07, 6.45) is 22.4. The second-order valence-electron chi connectivity index (χ2n) is 18.1. The van der Waals surface area contributed by atoms with Crippen LogP contribution < -0.4 is 17.5 Å². The van der Waals surface area contributed by atoms with Crippen LogP contribution in [0.3, 0.4) is 0 Å².